The van der Waals surface area contributed by atoms with E-state index in [0.29, 0.717) is 10.0 Å². The minimum atomic E-state index is -0.508. The number of rotatable bonds is 2. The van der Waals surface area contributed by atoms with Gasteiger partial charge in [-0.3, -0.25) is 4.79 Å². The van der Waals surface area contributed by atoms with E-state index in [2.05, 4.69) is 22.9 Å². The molecule has 98 valence electrons. The van der Waals surface area contributed by atoms with Crippen LogP contribution in [0.1, 0.15) is 36.5 Å². The van der Waals surface area contributed by atoms with Crippen molar-refractivity contribution in [1.29, 1.82) is 0 Å². The Labute approximate surface area is 114 Å². The van der Waals surface area contributed by atoms with E-state index in [1.165, 1.54) is 12.1 Å². The summed E-state index contributed by atoms with van der Waals surface area (Å²) < 4.78 is 13.7. The second kappa shape index (κ2) is 5.26. The summed E-state index contributed by atoms with van der Waals surface area (Å²) in [6.45, 7) is 2.84. The van der Waals surface area contributed by atoms with Gasteiger partial charge >= 0.3 is 0 Å². The van der Waals surface area contributed by atoms with E-state index in [9.17, 15) is 9.18 Å². The third kappa shape index (κ3) is 2.36. The van der Waals surface area contributed by atoms with Crippen LogP contribution in [-0.2, 0) is 0 Å². The minimum absolute atomic E-state index is 0.00814. The Morgan fingerprint density at radius 3 is 3.00 bits per heavy atom. The largest absolute Gasteiger partial charge is 0.396 e. The molecule has 1 heterocycles. The van der Waals surface area contributed by atoms with Gasteiger partial charge in [-0.15, -0.1) is 0 Å². The SMILES string of the molecule is CCC1CCCN1C(=O)c1cc(N)c(F)cc1Br. The first kappa shape index (κ1) is 13.3. The van der Waals surface area contributed by atoms with Crippen molar-refractivity contribution in [3.05, 3.63) is 28.0 Å². The highest BCUT2D eigenvalue weighted by molar-refractivity contribution is 9.10. The van der Waals surface area contributed by atoms with E-state index in [4.69, 9.17) is 5.73 Å². The number of nitrogen functional groups attached to an aromatic ring is 1. The summed E-state index contributed by atoms with van der Waals surface area (Å²) in [5.41, 5.74) is 5.97. The van der Waals surface area contributed by atoms with Gasteiger partial charge in [-0.2, -0.15) is 0 Å². The average molecular weight is 315 g/mol. The summed E-state index contributed by atoms with van der Waals surface area (Å²) in [5, 5.41) is 0. The van der Waals surface area contributed by atoms with Gasteiger partial charge in [0.15, 0.2) is 0 Å². The topological polar surface area (TPSA) is 46.3 Å². The Morgan fingerprint density at radius 1 is 1.61 bits per heavy atom. The number of nitrogens with two attached hydrogens (primary N) is 1. The fourth-order valence-electron chi connectivity index (χ4n) is 2.41. The van der Waals surface area contributed by atoms with Crippen molar-refractivity contribution in [3.8, 4) is 0 Å². The van der Waals surface area contributed by atoms with Gasteiger partial charge in [-0.25, -0.2) is 4.39 Å². The van der Waals surface area contributed by atoms with Crippen LogP contribution in [0.4, 0.5) is 10.1 Å². The lowest BCUT2D eigenvalue weighted by molar-refractivity contribution is 0.0733. The van der Waals surface area contributed by atoms with Gasteiger partial charge in [0, 0.05) is 17.1 Å². The number of likely N-dealkylation sites (tertiary alicyclic amines) is 1. The number of amides is 1. The number of anilines is 1. The van der Waals surface area contributed by atoms with Crippen LogP contribution in [0.5, 0.6) is 0 Å². The summed E-state index contributed by atoms with van der Waals surface area (Å²) in [6.07, 6.45) is 3.01. The molecule has 1 amide bonds. The fraction of sp³-hybridized carbons (Fsp3) is 0.462. The molecule has 3 nitrogen and oxygen atoms in total. The Balaban J connectivity index is 2.31. The molecule has 1 aromatic rings. The third-order valence-corrected chi connectivity index (χ3v) is 4.08. The highest BCUT2D eigenvalue weighted by atomic mass is 79.9. The van der Waals surface area contributed by atoms with Crippen molar-refractivity contribution < 1.29 is 9.18 Å². The van der Waals surface area contributed by atoms with E-state index in [1.54, 1.807) is 0 Å². The first-order valence-corrected chi connectivity index (χ1v) is 6.89. The second-order valence-electron chi connectivity index (χ2n) is 4.56. The van der Waals surface area contributed by atoms with E-state index < -0.39 is 5.82 Å². The van der Waals surface area contributed by atoms with Gasteiger partial charge in [-0.05, 0) is 47.3 Å². The summed E-state index contributed by atoms with van der Waals surface area (Å²) in [7, 11) is 0. The van der Waals surface area contributed by atoms with Gasteiger partial charge in [-0.1, -0.05) is 6.92 Å². The molecule has 0 spiro atoms. The van der Waals surface area contributed by atoms with Gasteiger partial charge in [0.1, 0.15) is 5.82 Å². The molecule has 5 heteroatoms. The monoisotopic (exact) mass is 314 g/mol. The van der Waals surface area contributed by atoms with Crippen LogP contribution < -0.4 is 5.73 Å². The Morgan fingerprint density at radius 2 is 2.33 bits per heavy atom. The zero-order chi connectivity index (χ0) is 13.3. The predicted molar refractivity (Wildman–Crippen MR) is 72.9 cm³/mol. The molecule has 1 atom stereocenters. The minimum Gasteiger partial charge on any atom is -0.396 e. The molecule has 0 aromatic heterocycles. The van der Waals surface area contributed by atoms with Crippen molar-refractivity contribution >= 4 is 27.5 Å². The molecule has 18 heavy (non-hydrogen) atoms. The first-order chi connectivity index (χ1) is 8.54. The van der Waals surface area contributed by atoms with Gasteiger partial charge < -0.3 is 10.6 Å². The van der Waals surface area contributed by atoms with E-state index in [1.807, 2.05) is 4.90 Å². The average Bonchev–Trinajstić information content (AvgIpc) is 2.81. The van der Waals surface area contributed by atoms with Crippen LogP contribution in [0.3, 0.4) is 0 Å². The molecule has 1 aromatic carbocycles. The highest BCUT2D eigenvalue weighted by Gasteiger charge is 2.29. The molecule has 0 saturated carbocycles. The molecular formula is C13H16BrFN2O. The quantitative estimate of drug-likeness (QED) is 0.852. The maximum Gasteiger partial charge on any atom is 0.255 e. The molecule has 1 saturated heterocycles. The molecule has 2 rings (SSSR count). The van der Waals surface area contributed by atoms with Crippen LogP contribution in [0.2, 0.25) is 0 Å². The molecule has 1 aliphatic heterocycles. The molecule has 1 fully saturated rings. The number of hydrogen-bond acceptors (Lipinski definition) is 2. The van der Waals surface area contributed by atoms with Gasteiger partial charge in [0.05, 0.1) is 11.3 Å². The zero-order valence-corrected chi connectivity index (χ0v) is 11.8. The van der Waals surface area contributed by atoms with Crippen molar-refractivity contribution in [3.63, 3.8) is 0 Å². The molecule has 1 unspecified atom stereocenters. The normalized spacial score (nSPS) is 19.3. The Hall–Kier alpha value is -1.10. The predicted octanol–water partition coefficient (Wildman–Crippen LogP) is 3.19. The summed E-state index contributed by atoms with van der Waals surface area (Å²) in [5.74, 6) is -0.579. The van der Waals surface area contributed by atoms with Crippen LogP contribution in [0.15, 0.2) is 16.6 Å². The van der Waals surface area contributed by atoms with Crippen molar-refractivity contribution in [2.24, 2.45) is 0 Å². The second-order valence-corrected chi connectivity index (χ2v) is 5.41. The summed E-state index contributed by atoms with van der Waals surface area (Å²) in [4.78, 5) is 14.3. The Bertz CT molecular complexity index is 478. The number of hydrogen-bond donors (Lipinski definition) is 1. The van der Waals surface area contributed by atoms with E-state index in [-0.39, 0.29) is 17.6 Å². The fourth-order valence-corrected chi connectivity index (χ4v) is 2.90. The van der Waals surface area contributed by atoms with Crippen molar-refractivity contribution in [1.82, 2.24) is 4.90 Å². The van der Waals surface area contributed by atoms with Crippen LogP contribution in [-0.4, -0.2) is 23.4 Å². The number of nitrogens with zero attached hydrogens (tertiary/aromatic N) is 1. The van der Waals surface area contributed by atoms with E-state index in [0.717, 1.165) is 25.8 Å². The number of benzene rings is 1. The van der Waals surface area contributed by atoms with E-state index >= 15 is 0 Å². The van der Waals surface area contributed by atoms with Gasteiger partial charge in [0.25, 0.3) is 5.91 Å². The number of halogens is 2. The van der Waals surface area contributed by atoms with Crippen molar-refractivity contribution in [2.45, 2.75) is 32.2 Å². The maximum atomic E-state index is 13.3. The molecule has 0 radical (unpaired) electrons. The molecule has 0 bridgehead atoms. The van der Waals surface area contributed by atoms with Crippen LogP contribution >= 0.6 is 15.9 Å². The highest BCUT2D eigenvalue weighted by Crippen LogP contribution is 2.28. The standard InChI is InChI=1S/C13H16BrFN2O/c1-2-8-4-3-5-17(8)13(18)9-6-12(16)11(15)7-10(9)14/h6-8H,2-5,16H2,1H3. The lowest BCUT2D eigenvalue weighted by atomic mass is 10.1. The van der Waals surface area contributed by atoms with Gasteiger partial charge in [0.2, 0.25) is 0 Å². The first-order valence-electron chi connectivity index (χ1n) is 6.10. The number of carbonyl (C=O) groups is 1. The molecule has 2 N–H and O–H groups in total. The summed E-state index contributed by atoms with van der Waals surface area (Å²) >= 11 is 3.23. The summed E-state index contributed by atoms with van der Waals surface area (Å²) in [6, 6.07) is 2.95. The third-order valence-electron chi connectivity index (χ3n) is 3.43. The smallest absolute Gasteiger partial charge is 0.255 e. The van der Waals surface area contributed by atoms with Crippen molar-refractivity contribution in [2.75, 3.05) is 12.3 Å². The van der Waals surface area contributed by atoms with Crippen LogP contribution in [0.25, 0.3) is 0 Å². The zero-order valence-electron chi connectivity index (χ0n) is 10.2. The molecule has 1 aliphatic rings. The number of carbonyl (C=O) groups excluding carboxylic acids is 1. The maximum absolute atomic E-state index is 13.3. The molecular weight excluding hydrogens is 299 g/mol. The van der Waals surface area contributed by atoms with Crippen LogP contribution in [0, 0.1) is 5.82 Å². The Kier molecular flexibility index (Phi) is 3.90. The lowest BCUT2D eigenvalue weighted by Crippen LogP contribution is -2.35. The lowest BCUT2D eigenvalue weighted by Gasteiger charge is -2.24. The molecule has 0 aliphatic carbocycles.